The molecule has 0 aliphatic carbocycles. The van der Waals surface area contributed by atoms with Gasteiger partial charge in [-0.2, -0.15) is 0 Å². The van der Waals surface area contributed by atoms with Gasteiger partial charge in [-0.3, -0.25) is 4.79 Å². The largest absolute Gasteiger partial charge is 0.482 e. The number of fused-ring (bicyclic) bond motifs is 1. The van der Waals surface area contributed by atoms with Gasteiger partial charge in [0, 0.05) is 15.7 Å². The summed E-state index contributed by atoms with van der Waals surface area (Å²) in [6, 6.07) is 10.4. The molecule has 0 spiro atoms. The van der Waals surface area contributed by atoms with E-state index >= 15 is 0 Å². The van der Waals surface area contributed by atoms with E-state index < -0.39 is 0 Å². The van der Waals surface area contributed by atoms with E-state index in [0.29, 0.717) is 33.7 Å². The first-order valence-electron chi connectivity index (χ1n) is 6.31. The highest BCUT2D eigenvalue weighted by Crippen LogP contribution is 2.36. The average molecular weight is 323 g/mol. The molecule has 21 heavy (non-hydrogen) atoms. The van der Waals surface area contributed by atoms with Crippen LogP contribution in [0.4, 0.5) is 11.4 Å². The van der Waals surface area contributed by atoms with Crippen LogP contribution in [0.1, 0.15) is 5.56 Å². The molecule has 0 aromatic heterocycles. The number of nitrogens with zero attached hydrogens (tertiary/aromatic N) is 1. The van der Waals surface area contributed by atoms with E-state index in [1.54, 1.807) is 41.3 Å². The molecule has 2 aromatic rings. The van der Waals surface area contributed by atoms with Gasteiger partial charge in [-0.25, -0.2) is 0 Å². The van der Waals surface area contributed by atoms with Crippen molar-refractivity contribution in [1.29, 1.82) is 0 Å². The van der Waals surface area contributed by atoms with Crippen molar-refractivity contribution >= 4 is 40.5 Å². The number of benzene rings is 2. The first kappa shape index (κ1) is 14.0. The summed E-state index contributed by atoms with van der Waals surface area (Å²) in [5, 5.41) is 1.10. The fourth-order valence-electron chi connectivity index (χ4n) is 2.23. The van der Waals surface area contributed by atoms with Crippen LogP contribution in [0.5, 0.6) is 5.75 Å². The molecule has 108 valence electrons. The molecule has 1 aliphatic rings. The summed E-state index contributed by atoms with van der Waals surface area (Å²) in [5.41, 5.74) is 7.79. The molecule has 0 unspecified atom stereocenters. The van der Waals surface area contributed by atoms with Crippen molar-refractivity contribution in [2.45, 2.75) is 6.54 Å². The molecule has 1 heterocycles. The minimum absolute atomic E-state index is 0.00539. The Morgan fingerprint density at radius 2 is 2.00 bits per heavy atom. The number of hydrogen-bond donors (Lipinski definition) is 1. The Hall–Kier alpha value is -1.91. The fraction of sp³-hybridized carbons (Fsp3) is 0.133. The molecule has 4 nitrogen and oxygen atoms in total. The number of amides is 1. The summed E-state index contributed by atoms with van der Waals surface area (Å²) in [5.74, 6) is 0.474. The second-order valence-corrected chi connectivity index (χ2v) is 5.58. The Kier molecular flexibility index (Phi) is 3.66. The molecule has 6 heteroatoms. The Morgan fingerprint density at radius 1 is 1.19 bits per heavy atom. The van der Waals surface area contributed by atoms with E-state index in [2.05, 4.69) is 0 Å². The summed E-state index contributed by atoms with van der Waals surface area (Å²) < 4.78 is 5.41. The fourth-order valence-corrected chi connectivity index (χ4v) is 2.58. The van der Waals surface area contributed by atoms with Gasteiger partial charge in [-0.15, -0.1) is 0 Å². The van der Waals surface area contributed by atoms with E-state index in [0.717, 1.165) is 5.56 Å². The molecular formula is C15H12Cl2N2O2. The number of anilines is 2. The maximum Gasteiger partial charge on any atom is 0.265 e. The van der Waals surface area contributed by atoms with Gasteiger partial charge < -0.3 is 15.4 Å². The number of nitrogens with two attached hydrogens (primary N) is 1. The Bertz CT molecular complexity index is 719. The van der Waals surface area contributed by atoms with E-state index in [1.807, 2.05) is 0 Å². The molecule has 0 bridgehead atoms. The second-order valence-electron chi connectivity index (χ2n) is 4.73. The van der Waals surface area contributed by atoms with E-state index in [1.165, 1.54) is 0 Å². The average Bonchev–Trinajstić information content (AvgIpc) is 2.46. The van der Waals surface area contributed by atoms with Crippen LogP contribution in [0.15, 0.2) is 36.4 Å². The van der Waals surface area contributed by atoms with Crippen LogP contribution >= 0.6 is 23.2 Å². The summed E-state index contributed by atoms with van der Waals surface area (Å²) in [6.07, 6.45) is 0. The first-order valence-corrected chi connectivity index (χ1v) is 7.07. The molecule has 0 atom stereocenters. The Balaban J connectivity index is 2.00. The quantitative estimate of drug-likeness (QED) is 0.861. The van der Waals surface area contributed by atoms with Gasteiger partial charge in [0.1, 0.15) is 5.75 Å². The monoisotopic (exact) mass is 322 g/mol. The summed E-state index contributed by atoms with van der Waals surface area (Å²) in [4.78, 5) is 13.8. The van der Waals surface area contributed by atoms with Gasteiger partial charge in [-0.05, 0) is 42.0 Å². The van der Waals surface area contributed by atoms with Crippen molar-refractivity contribution in [2.75, 3.05) is 17.2 Å². The number of halogens is 2. The molecule has 2 aromatic carbocycles. The lowest BCUT2D eigenvalue weighted by Crippen LogP contribution is -2.38. The predicted octanol–water partition coefficient (Wildman–Crippen LogP) is 3.50. The molecule has 1 amide bonds. The van der Waals surface area contributed by atoms with Crippen molar-refractivity contribution in [2.24, 2.45) is 0 Å². The van der Waals surface area contributed by atoms with E-state index in [-0.39, 0.29) is 12.5 Å². The number of nitrogen functional groups attached to an aromatic ring is 1. The topological polar surface area (TPSA) is 55.6 Å². The maximum atomic E-state index is 12.2. The van der Waals surface area contributed by atoms with Gasteiger partial charge >= 0.3 is 0 Å². The van der Waals surface area contributed by atoms with E-state index in [9.17, 15) is 4.79 Å². The van der Waals surface area contributed by atoms with Crippen LogP contribution in [0, 0.1) is 0 Å². The smallest absolute Gasteiger partial charge is 0.265 e. The number of rotatable bonds is 2. The van der Waals surface area contributed by atoms with Crippen LogP contribution in [0.25, 0.3) is 0 Å². The molecule has 2 N–H and O–H groups in total. The van der Waals surface area contributed by atoms with Gasteiger partial charge in [0.2, 0.25) is 0 Å². The predicted molar refractivity (Wildman–Crippen MR) is 84.0 cm³/mol. The number of hydrogen-bond acceptors (Lipinski definition) is 3. The van der Waals surface area contributed by atoms with Gasteiger partial charge in [0.25, 0.3) is 5.91 Å². The third-order valence-corrected chi connectivity index (χ3v) is 3.87. The Morgan fingerprint density at radius 3 is 2.81 bits per heavy atom. The maximum absolute atomic E-state index is 12.2. The third-order valence-electron chi connectivity index (χ3n) is 3.26. The lowest BCUT2D eigenvalue weighted by Gasteiger charge is -2.29. The molecule has 0 saturated heterocycles. The standard InChI is InChI=1S/C15H12Cl2N2O2/c16-10-1-4-14-13(6-10)19(15(20)8-21-14)7-9-5-11(18)2-3-12(9)17/h1-6H,7-8,18H2. The van der Waals surface area contributed by atoms with Crippen LogP contribution in [0.2, 0.25) is 10.0 Å². The summed E-state index contributed by atoms with van der Waals surface area (Å²) in [7, 11) is 0. The minimum Gasteiger partial charge on any atom is -0.482 e. The minimum atomic E-state index is -0.150. The van der Waals surface area contributed by atoms with Crippen molar-refractivity contribution in [1.82, 2.24) is 0 Å². The zero-order valence-corrected chi connectivity index (χ0v) is 12.5. The third kappa shape index (κ3) is 2.77. The van der Waals surface area contributed by atoms with Crippen molar-refractivity contribution in [3.05, 3.63) is 52.0 Å². The van der Waals surface area contributed by atoms with Crippen LogP contribution in [0.3, 0.4) is 0 Å². The summed E-state index contributed by atoms with van der Waals surface area (Å²) >= 11 is 12.2. The lowest BCUT2D eigenvalue weighted by atomic mass is 10.1. The highest BCUT2D eigenvalue weighted by atomic mass is 35.5. The molecule has 0 radical (unpaired) electrons. The molecular weight excluding hydrogens is 311 g/mol. The summed E-state index contributed by atoms with van der Waals surface area (Å²) in [6.45, 7) is 0.313. The highest BCUT2D eigenvalue weighted by molar-refractivity contribution is 6.31. The lowest BCUT2D eigenvalue weighted by molar-refractivity contribution is -0.121. The normalized spacial score (nSPS) is 13.8. The number of carbonyl (C=O) groups is 1. The Labute approximate surface area is 132 Å². The highest BCUT2D eigenvalue weighted by Gasteiger charge is 2.26. The van der Waals surface area contributed by atoms with Crippen molar-refractivity contribution < 1.29 is 9.53 Å². The molecule has 1 aliphatic heterocycles. The SMILES string of the molecule is Nc1ccc(Cl)c(CN2C(=O)COc3ccc(Cl)cc32)c1. The second kappa shape index (κ2) is 5.47. The zero-order chi connectivity index (χ0) is 15.0. The van der Waals surface area contributed by atoms with Gasteiger partial charge in [0.05, 0.1) is 12.2 Å². The molecule has 0 saturated carbocycles. The van der Waals surface area contributed by atoms with Crippen LogP contribution in [-0.2, 0) is 11.3 Å². The van der Waals surface area contributed by atoms with Gasteiger partial charge in [0.15, 0.2) is 6.61 Å². The van der Waals surface area contributed by atoms with Crippen molar-refractivity contribution in [3.63, 3.8) is 0 Å². The number of ether oxygens (including phenoxy) is 1. The van der Waals surface area contributed by atoms with E-state index in [4.69, 9.17) is 33.7 Å². The first-order chi connectivity index (χ1) is 10.0. The number of carbonyl (C=O) groups excluding carboxylic acids is 1. The van der Waals surface area contributed by atoms with Gasteiger partial charge in [-0.1, -0.05) is 23.2 Å². The molecule has 3 rings (SSSR count). The van der Waals surface area contributed by atoms with Crippen molar-refractivity contribution in [3.8, 4) is 5.75 Å². The zero-order valence-electron chi connectivity index (χ0n) is 11.0. The molecule has 0 fully saturated rings. The van der Waals surface area contributed by atoms with Crippen LogP contribution in [-0.4, -0.2) is 12.5 Å². The van der Waals surface area contributed by atoms with Crippen LogP contribution < -0.4 is 15.4 Å².